The summed E-state index contributed by atoms with van der Waals surface area (Å²) in [5, 5.41) is 2.60. The van der Waals surface area contributed by atoms with Gasteiger partial charge < -0.3 is 15.0 Å². The van der Waals surface area contributed by atoms with Gasteiger partial charge in [-0.2, -0.15) is 0 Å². The van der Waals surface area contributed by atoms with Crippen LogP contribution in [0, 0.1) is 11.6 Å². The molecule has 2 rings (SSSR count). The van der Waals surface area contributed by atoms with Gasteiger partial charge in [0.2, 0.25) is 0 Å². The lowest BCUT2D eigenvalue weighted by Crippen LogP contribution is -2.35. The van der Waals surface area contributed by atoms with Gasteiger partial charge in [0.25, 0.3) is 5.91 Å². The minimum absolute atomic E-state index is 0.181. The number of carbonyl (C=O) groups excluding carboxylic acids is 1. The van der Waals surface area contributed by atoms with Crippen LogP contribution < -0.4 is 10.1 Å². The van der Waals surface area contributed by atoms with Gasteiger partial charge in [0, 0.05) is 12.1 Å². The molecule has 128 valence electrons. The summed E-state index contributed by atoms with van der Waals surface area (Å²) in [5.74, 6) is -1.87. The average molecular weight is 334 g/mol. The average Bonchev–Trinajstić information content (AvgIpc) is 2.55. The molecule has 1 amide bonds. The minimum Gasteiger partial charge on any atom is -0.496 e. The van der Waals surface area contributed by atoms with Crippen molar-refractivity contribution in [1.82, 2.24) is 10.2 Å². The second-order valence-corrected chi connectivity index (χ2v) is 5.53. The molecule has 0 aliphatic rings. The first-order valence-electron chi connectivity index (χ1n) is 7.47. The van der Waals surface area contributed by atoms with Crippen LogP contribution in [0.15, 0.2) is 42.5 Å². The summed E-state index contributed by atoms with van der Waals surface area (Å²) in [4.78, 5) is 14.1. The number of benzene rings is 2. The molecule has 0 radical (unpaired) electrons. The first-order valence-corrected chi connectivity index (χ1v) is 7.47. The number of carbonyl (C=O) groups is 1. The highest BCUT2D eigenvalue weighted by molar-refractivity contribution is 5.94. The van der Waals surface area contributed by atoms with Gasteiger partial charge >= 0.3 is 0 Å². The molecule has 0 fully saturated rings. The number of hydrogen-bond donors (Lipinski definition) is 1. The lowest BCUT2D eigenvalue weighted by Gasteiger charge is -2.26. The number of halogens is 2. The Hall–Kier alpha value is -2.47. The lowest BCUT2D eigenvalue weighted by atomic mass is 10.0. The van der Waals surface area contributed by atoms with Crippen molar-refractivity contribution in [1.29, 1.82) is 0 Å². The zero-order valence-electron chi connectivity index (χ0n) is 13.8. The molecular formula is C18H20F2N2O2. The van der Waals surface area contributed by atoms with Gasteiger partial charge in [-0.25, -0.2) is 8.78 Å². The van der Waals surface area contributed by atoms with E-state index in [1.54, 1.807) is 7.11 Å². The first-order chi connectivity index (χ1) is 11.5. The summed E-state index contributed by atoms with van der Waals surface area (Å²) in [5.41, 5.74) is 0.300. The van der Waals surface area contributed by atoms with Gasteiger partial charge in [-0.05, 0) is 32.3 Å². The number of nitrogens with one attached hydrogen (secondary N) is 1. The van der Waals surface area contributed by atoms with Crippen LogP contribution in [-0.2, 0) is 0 Å². The van der Waals surface area contributed by atoms with E-state index in [2.05, 4.69) is 5.32 Å². The highest BCUT2D eigenvalue weighted by atomic mass is 19.1. The molecule has 1 atom stereocenters. The minimum atomic E-state index is -0.883. The van der Waals surface area contributed by atoms with E-state index in [9.17, 15) is 13.6 Å². The summed E-state index contributed by atoms with van der Waals surface area (Å²) < 4.78 is 32.7. The molecule has 4 nitrogen and oxygen atoms in total. The van der Waals surface area contributed by atoms with Crippen LogP contribution in [0.4, 0.5) is 8.78 Å². The maximum absolute atomic E-state index is 13.7. The van der Waals surface area contributed by atoms with Crippen molar-refractivity contribution in [2.24, 2.45) is 0 Å². The lowest BCUT2D eigenvalue weighted by molar-refractivity contribution is 0.0933. The van der Waals surface area contributed by atoms with E-state index in [0.717, 1.165) is 17.7 Å². The van der Waals surface area contributed by atoms with Crippen molar-refractivity contribution in [3.05, 3.63) is 65.2 Å². The molecule has 2 aromatic rings. The van der Waals surface area contributed by atoms with Crippen LogP contribution in [0.2, 0.25) is 0 Å². The molecule has 6 heteroatoms. The number of para-hydroxylation sites is 1. The number of ether oxygens (including phenoxy) is 1. The molecule has 0 aromatic heterocycles. The SMILES string of the molecule is COc1ccccc1C(CNC(=O)c1c(F)cccc1F)N(C)C. The number of likely N-dealkylation sites (N-methyl/N-ethyl adjacent to an activating group) is 1. The zero-order valence-corrected chi connectivity index (χ0v) is 13.8. The van der Waals surface area contributed by atoms with Gasteiger partial charge in [-0.15, -0.1) is 0 Å². The third kappa shape index (κ3) is 3.89. The van der Waals surface area contributed by atoms with Crippen molar-refractivity contribution in [3.8, 4) is 5.75 Å². The van der Waals surface area contributed by atoms with Crippen LogP contribution >= 0.6 is 0 Å². The Labute approximate surface area is 140 Å². The van der Waals surface area contributed by atoms with Crippen molar-refractivity contribution < 1.29 is 18.3 Å². The number of methoxy groups -OCH3 is 1. The predicted octanol–water partition coefficient (Wildman–Crippen LogP) is 3.01. The maximum Gasteiger partial charge on any atom is 0.257 e. The Bertz CT molecular complexity index is 700. The van der Waals surface area contributed by atoms with E-state index in [1.165, 1.54) is 6.07 Å². The van der Waals surface area contributed by atoms with E-state index in [-0.39, 0.29) is 12.6 Å². The van der Waals surface area contributed by atoms with Crippen LogP contribution in [0.5, 0.6) is 5.75 Å². The molecule has 0 spiro atoms. The molecule has 2 aromatic carbocycles. The van der Waals surface area contributed by atoms with Crippen LogP contribution in [0.3, 0.4) is 0 Å². The van der Waals surface area contributed by atoms with Crippen molar-refractivity contribution >= 4 is 5.91 Å². The number of hydrogen-bond acceptors (Lipinski definition) is 3. The summed E-state index contributed by atoms with van der Waals surface area (Å²) in [7, 11) is 5.28. The predicted molar refractivity (Wildman–Crippen MR) is 88.1 cm³/mol. The van der Waals surface area contributed by atoms with Gasteiger partial charge in [-0.1, -0.05) is 24.3 Å². The summed E-state index contributed by atoms with van der Waals surface area (Å²) in [6, 6.07) is 10.6. The fraction of sp³-hybridized carbons (Fsp3) is 0.278. The molecule has 0 saturated heterocycles. The molecular weight excluding hydrogens is 314 g/mol. The van der Waals surface area contributed by atoms with Crippen LogP contribution in [-0.4, -0.2) is 38.6 Å². The van der Waals surface area contributed by atoms with Gasteiger partial charge in [0.15, 0.2) is 0 Å². The number of rotatable bonds is 6. The molecule has 0 aliphatic carbocycles. The standard InChI is InChI=1S/C18H20F2N2O2/c1-22(2)15(12-7-4-5-10-16(12)24-3)11-21-18(23)17-13(19)8-6-9-14(17)20/h4-10,15H,11H2,1-3H3,(H,21,23). The van der Waals surface area contributed by atoms with E-state index in [4.69, 9.17) is 4.74 Å². The summed E-state index contributed by atoms with van der Waals surface area (Å²) in [6.45, 7) is 0.181. The third-order valence-electron chi connectivity index (χ3n) is 3.77. The first kappa shape index (κ1) is 17.9. The van der Waals surface area contributed by atoms with Gasteiger partial charge in [-0.3, -0.25) is 4.79 Å². The number of amides is 1. The molecule has 0 heterocycles. The fourth-order valence-electron chi connectivity index (χ4n) is 2.50. The number of nitrogens with zero attached hydrogens (tertiary/aromatic N) is 1. The second kappa shape index (κ2) is 7.88. The topological polar surface area (TPSA) is 41.6 Å². The maximum atomic E-state index is 13.7. The smallest absolute Gasteiger partial charge is 0.257 e. The van der Waals surface area contributed by atoms with E-state index >= 15 is 0 Å². The molecule has 24 heavy (non-hydrogen) atoms. The van der Waals surface area contributed by atoms with E-state index in [0.29, 0.717) is 5.75 Å². The molecule has 0 aliphatic heterocycles. The molecule has 1 unspecified atom stereocenters. The van der Waals surface area contributed by atoms with Gasteiger partial charge in [0.05, 0.1) is 13.2 Å². The Morgan fingerprint density at radius 3 is 2.33 bits per heavy atom. The highest BCUT2D eigenvalue weighted by Crippen LogP contribution is 2.27. The van der Waals surface area contributed by atoms with Crippen molar-refractivity contribution in [2.75, 3.05) is 27.7 Å². The Balaban J connectivity index is 2.19. The van der Waals surface area contributed by atoms with Crippen molar-refractivity contribution in [3.63, 3.8) is 0 Å². The fourth-order valence-corrected chi connectivity index (χ4v) is 2.50. The summed E-state index contributed by atoms with van der Waals surface area (Å²) in [6.07, 6.45) is 0. The van der Waals surface area contributed by atoms with E-state index in [1.807, 2.05) is 43.3 Å². The van der Waals surface area contributed by atoms with E-state index < -0.39 is 23.1 Å². The Morgan fingerprint density at radius 2 is 1.75 bits per heavy atom. The Kier molecular flexibility index (Phi) is 5.87. The largest absolute Gasteiger partial charge is 0.496 e. The van der Waals surface area contributed by atoms with Crippen LogP contribution in [0.1, 0.15) is 22.0 Å². The Morgan fingerprint density at radius 1 is 1.12 bits per heavy atom. The van der Waals surface area contributed by atoms with Crippen molar-refractivity contribution in [2.45, 2.75) is 6.04 Å². The monoisotopic (exact) mass is 334 g/mol. The third-order valence-corrected chi connectivity index (χ3v) is 3.77. The molecule has 1 N–H and O–H groups in total. The second-order valence-electron chi connectivity index (χ2n) is 5.53. The highest BCUT2D eigenvalue weighted by Gasteiger charge is 2.22. The van der Waals surface area contributed by atoms with Crippen LogP contribution in [0.25, 0.3) is 0 Å². The zero-order chi connectivity index (χ0) is 17.7. The molecule has 0 bridgehead atoms. The normalized spacial score (nSPS) is 12.1. The summed E-state index contributed by atoms with van der Waals surface area (Å²) >= 11 is 0. The van der Waals surface area contributed by atoms with Gasteiger partial charge in [0.1, 0.15) is 22.9 Å². The molecule has 0 saturated carbocycles. The quantitative estimate of drug-likeness (QED) is 0.883.